The van der Waals surface area contributed by atoms with Crippen LogP contribution in [-0.2, 0) is 0 Å². The molecule has 0 aliphatic heterocycles. The predicted octanol–water partition coefficient (Wildman–Crippen LogP) is 2.78. The van der Waals surface area contributed by atoms with E-state index in [4.69, 9.17) is 5.73 Å². The van der Waals surface area contributed by atoms with E-state index in [1.54, 1.807) is 18.2 Å². The second-order valence-electron chi connectivity index (χ2n) is 3.26. The van der Waals surface area contributed by atoms with Crippen LogP contribution in [0.25, 0.3) is 11.1 Å². The highest BCUT2D eigenvalue weighted by molar-refractivity contribution is 5.73. The Kier molecular flexibility index (Phi) is 2.29. The van der Waals surface area contributed by atoms with Crippen LogP contribution in [0.3, 0.4) is 0 Å². The van der Waals surface area contributed by atoms with Crippen LogP contribution in [0.5, 0.6) is 5.75 Å². The fourth-order valence-corrected chi connectivity index (χ4v) is 1.45. The number of phenolic OH excluding ortho intramolecular Hbond substituents is 1. The van der Waals surface area contributed by atoms with Gasteiger partial charge in [-0.25, -0.2) is 4.39 Å². The summed E-state index contributed by atoms with van der Waals surface area (Å²) in [5.41, 5.74) is 6.79. The highest BCUT2D eigenvalue weighted by Gasteiger charge is 2.08. The number of hydrogen-bond acceptors (Lipinski definition) is 2. The van der Waals surface area contributed by atoms with Crippen LogP contribution in [0.15, 0.2) is 42.5 Å². The van der Waals surface area contributed by atoms with Gasteiger partial charge in [-0.3, -0.25) is 0 Å². The van der Waals surface area contributed by atoms with Gasteiger partial charge in [0.1, 0.15) is 11.6 Å². The Morgan fingerprint density at radius 2 is 1.73 bits per heavy atom. The van der Waals surface area contributed by atoms with E-state index in [1.807, 2.05) is 0 Å². The molecule has 0 heterocycles. The number of halogens is 1. The van der Waals surface area contributed by atoms with Crippen LogP contribution >= 0.6 is 0 Å². The van der Waals surface area contributed by atoms with Crippen LogP contribution in [0.1, 0.15) is 0 Å². The van der Waals surface area contributed by atoms with Crippen molar-refractivity contribution >= 4 is 5.69 Å². The molecule has 2 aromatic carbocycles. The molecule has 3 N–H and O–H groups in total. The normalized spacial score (nSPS) is 10.2. The molecule has 0 aliphatic rings. The van der Waals surface area contributed by atoms with Crippen molar-refractivity contribution in [3.63, 3.8) is 0 Å². The van der Waals surface area contributed by atoms with E-state index >= 15 is 0 Å². The number of nitrogen functional groups attached to an aromatic ring is 1. The van der Waals surface area contributed by atoms with Gasteiger partial charge in [-0.1, -0.05) is 18.2 Å². The lowest BCUT2D eigenvalue weighted by atomic mass is 10.0. The molecule has 0 radical (unpaired) electrons. The van der Waals surface area contributed by atoms with Crippen molar-refractivity contribution in [2.24, 2.45) is 0 Å². The third-order valence-electron chi connectivity index (χ3n) is 2.18. The molecule has 0 saturated heterocycles. The molecule has 0 atom stereocenters. The average Bonchev–Trinajstić information content (AvgIpc) is 2.23. The first-order chi connectivity index (χ1) is 7.18. The second kappa shape index (κ2) is 3.61. The zero-order chi connectivity index (χ0) is 10.8. The molecule has 0 bridgehead atoms. The lowest BCUT2D eigenvalue weighted by Gasteiger charge is -2.06. The van der Waals surface area contributed by atoms with Gasteiger partial charge < -0.3 is 10.8 Å². The summed E-state index contributed by atoms with van der Waals surface area (Å²) in [5.74, 6) is -0.354. The maximum absolute atomic E-state index is 13.5. The molecule has 15 heavy (non-hydrogen) atoms. The SMILES string of the molecule is Nc1ccc(F)c(-c2ccccc2O)c1. The third-order valence-corrected chi connectivity index (χ3v) is 2.18. The highest BCUT2D eigenvalue weighted by atomic mass is 19.1. The van der Waals surface area contributed by atoms with Gasteiger partial charge in [0, 0.05) is 16.8 Å². The van der Waals surface area contributed by atoms with Crippen molar-refractivity contribution in [2.75, 3.05) is 5.73 Å². The zero-order valence-electron chi connectivity index (χ0n) is 7.94. The maximum Gasteiger partial charge on any atom is 0.131 e. The van der Waals surface area contributed by atoms with E-state index in [-0.39, 0.29) is 5.75 Å². The standard InChI is InChI=1S/C12H10FNO/c13-11-6-5-8(14)7-10(11)9-3-1-2-4-12(9)15/h1-7,15H,14H2. The minimum Gasteiger partial charge on any atom is -0.507 e. The third kappa shape index (κ3) is 1.76. The monoisotopic (exact) mass is 203 g/mol. The first-order valence-corrected chi connectivity index (χ1v) is 4.52. The summed E-state index contributed by atoms with van der Waals surface area (Å²) in [4.78, 5) is 0. The zero-order valence-corrected chi connectivity index (χ0v) is 7.94. The van der Waals surface area contributed by atoms with Gasteiger partial charge in [0.25, 0.3) is 0 Å². The fraction of sp³-hybridized carbons (Fsp3) is 0. The quantitative estimate of drug-likeness (QED) is 0.700. The molecule has 2 aromatic rings. The van der Waals surface area contributed by atoms with Crippen molar-refractivity contribution in [2.45, 2.75) is 0 Å². The first-order valence-electron chi connectivity index (χ1n) is 4.52. The van der Waals surface area contributed by atoms with Crippen LogP contribution < -0.4 is 5.73 Å². The molecular weight excluding hydrogens is 193 g/mol. The molecule has 2 nitrogen and oxygen atoms in total. The number of rotatable bonds is 1. The number of anilines is 1. The Labute approximate surface area is 86.8 Å². The summed E-state index contributed by atoms with van der Waals surface area (Å²) in [6.45, 7) is 0. The molecule has 0 fully saturated rings. The summed E-state index contributed by atoms with van der Waals surface area (Å²) < 4.78 is 13.5. The van der Waals surface area contributed by atoms with Gasteiger partial charge >= 0.3 is 0 Å². The Balaban J connectivity index is 2.64. The fourth-order valence-electron chi connectivity index (χ4n) is 1.45. The number of hydrogen-bond donors (Lipinski definition) is 2. The molecule has 3 heteroatoms. The molecule has 0 saturated carbocycles. The van der Waals surface area contributed by atoms with Crippen LogP contribution in [0, 0.1) is 5.82 Å². The summed E-state index contributed by atoms with van der Waals surface area (Å²) >= 11 is 0. The predicted molar refractivity (Wildman–Crippen MR) is 57.9 cm³/mol. The molecule has 0 spiro atoms. The smallest absolute Gasteiger partial charge is 0.131 e. The van der Waals surface area contributed by atoms with E-state index in [2.05, 4.69) is 0 Å². The number of aromatic hydroxyl groups is 1. The Bertz CT molecular complexity index is 497. The minimum atomic E-state index is -0.398. The average molecular weight is 203 g/mol. The van der Waals surface area contributed by atoms with Gasteiger partial charge in [-0.15, -0.1) is 0 Å². The Morgan fingerprint density at radius 1 is 1.00 bits per heavy atom. The van der Waals surface area contributed by atoms with E-state index in [0.717, 1.165) is 0 Å². The van der Waals surface area contributed by atoms with E-state index in [9.17, 15) is 9.50 Å². The molecule has 0 aromatic heterocycles. The van der Waals surface area contributed by atoms with E-state index < -0.39 is 5.82 Å². The first kappa shape index (κ1) is 9.52. The van der Waals surface area contributed by atoms with Gasteiger partial charge in [0.05, 0.1) is 0 Å². The molecular formula is C12H10FNO. The van der Waals surface area contributed by atoms with Crippen molar-refractivity contribution in [3.05, 3.63) is 48.3 Å². The maximum atomic E-state index is 13.5. The van der Waals surface area contributed by atoms with Crippen LogP contribution in [0.4, 0.5) is 10.1 Å². The van der Waals surface area contributed by atoms with Crippen LogP contribution in [-0.4, -0.2) is 5.11 Å². The second-order valence-corrected chi connectivity index (χ2v) is 3.26. The largest absolute Gasteiger partial charge is 0.507 e. The van der Waals surface area contributed by atoms with Crippen LogP contribution in [0.2, 0.25) is 0 Å². The Hall–Kier alpha value is -2.03. The molecule has 0 amide bonds. The summed E-state index contributed by atoms with van der Waals surface area (Å²) in [6.07, 6.45) is 0. The van der Waals surface area contributed by atoms with Crippen molar-refractivity contribution in [1.29, 1.82) is 0 Å². The molecule has 0 unspecified atom stereocenters. The topological polar surface area (TPSA) is 46.2 Å². The lowest BCUT2D eigenvalue weighted by Crippen LogP contribution is -1.89. The molecule has 2 rings (SSSR count). The minimum absolute atomic E-state index is 0.0435. The Morgan fingerprint density at radius 3 is 2.47 bits per heavy atom. The van der Waals surface area contributed by atoms with Crippen molar-refractivity contribution in [3.8, 4) is 16.9 Å². The molecule has 0 aliphatic carbocycles. The van der Waals surface area contributed by atoms with Crippen molar-refractivity contribution in [1.82, 2.24) is 0 Å². The van der Waals surface area contributed by atoms with Crippen molar-refractivity contribution < 1.29 is 9.50 Å². The summed E-state index contributed by atoms with van der Waals surface area (Å²) in [5, 5.41) is 9.57. The van der Waals surface area contributed by atoms with E-state index in [1.165, 1.54) is 24.3 Å². The van der Waals surface area contributed by atoms with Gasteiger partial charge in [-0.05, 0) is 24.3 Å². The number of nitrogens with two attached hydrogens (primary N) is 1. The lowest BCUT2D eigenvalue weighted by molar-refractivity contribution is 0.476. The van der Waals surface area contributed by atoms with E-state index in [0.29, 0.717) is 16.8 Å². The number of benzene rings is 2. The van der Waals surface area contributed by atoms with Gasteiger partial charge in [-0.2, -0.15) is 0 Å². The number of para-hydroxylation sites is 1. The molecule has 76 valence electrons. The summed E-state index contributed by atoms with van der Waals surface area (Å²) in [6, 6.07) is 10.9. The highest BCUT2D eigenvalue weighted by Crippen LogP contribution is 2.31. The summed E-state index contributed by atoms with van der Waals surface area (Å²) in [7, 11) is 0. The van der Waals surface area contributed by atoms with Gasteiger partial charge in [0.15, 0.2) is 0 Å². The van der Waals surface area contributed by atoms with Gasteiger partial charge in [0.2, 0.25) is 0 Å². The number of phenols is 1.